The van der Waals surface area contributed by atoms with Gasteiger partial charge in [-0.2, -0.15) is 0 Å². The third-order valence-electron chi connectivity index (χ3n) is 7.35. The molecule has 2 heteroatoms. The molecule has 0 aromatic rings. The van der Waals surface area contributed by atoms with Gasteiger partial charge in [0.15, 0.2) is 0 Å². The molecule has 0 amide bonds. The Bertz CT molecular complexity index is 317. The van der Waals surface area contributed by atoms with Gasteiger partial charge < -0.3 is 0 Å². The van der Waals surface area contributed by atoms with E-state index in [0.29, 0.717) is 5.31 Å². The Balaban J connectivity index is 1.46. The van der Waals surface area contributed by atoms with Gasteiger partial charge in [-0.15, -0.1) is 0 Å². The summed E-state index contributed by atoms with van der Waals surface area (Å²) >= 11 is 0. The third-order valence-corrected chi connectivity index (χ3v) is 7.35. The van der Waals surface area contributed by atoms with E-state index in [4.69, 9.17) is 0 Å². The van der Waals surface area contributed by atoms with Crippen LogP contribution < -0.4 is 0 Å². The minimum absolute atomic E-state index is 0.652. The van der Waals surface area contributed by atoms with Crippen LogP contribution in [-0.4, -0.2) is 14.3 Å². The molecule has 0 spiro atoms. The molecule has 2 radical (unpaired) electrons. The lowest BCUT2D eigenvalue weighted by molar-refractivity contribution is 0.391. The minimum Gasteiger partial charge on any atom is -0.0774 e. The Hall–Kier alpha value is 0.130. The monoisotopic (exact) mass is 326 g/mol. The SMILES string of the molecule is [B]([B]C1(C2CCCCCCCC2)CC1)C1CCCCCCCCC1. The molecule has 0 aliphatic heterocycles. The summed E-state index contributed by atoms with van der Waals surface area (Å²) in [6, 6.07) is 0. The van der Waals surface area contributed by atoms with Crippen LogP contribution in [0, 0.1) is 5.92 Å². The summed E-state index contributed by atoms with van der Waals surface area (Å²) in [4.78, 5) is 0. The van der Waals surface area contributed by atoms with Gasteiger partial charge in [0.1, 0.15) is 0 Å². The highest BCUT2D eigenvalue weighted by atomic mass is 14.4. The van der Waals surface area contributed by atoms with E-state index in [9.17, 15) is 0 Å². The van der Waals surface area contributed by atoms with Gasteiger partial charge in [-0.3, -0.25) is 0 Å². The van der Waals surface area contributed by atoms with Gasteiger partial charge in [-0.25, -0.2) is 0 Å². The molecule has 24 heavy (non-hydrogen) atoms. The molecule has 0 unspecified atom stereocenters. The predicted octanol–water partition coefficient (Wildman–Crippen LogP) is 7.33. The van der Waals surface area contributed by atoms with E-state index in [1.807, 2.05) is 0 Å². The van der Waals surface area contributed by atoms with E-state index in [1.165, 1.54) is 122 Å². The van der Waals surface area contributed by atoms with E-state index >= 15 is 0 Å². The summed E-state index contributed by atoms with van der Waals surface area (Å²) in [7, 11) is 5.47. The molecule has 0 N–H and O–H groups in total. The lowest BCUT2D eigenvalue weighted by atomic mass is 9.25. The van der Waals surface area contributed by atoms with Crippen LogP contribution in [-0.2, 0) is 0 Å². The number of hydrogen-bond acceptors (Lipinski definition) is 0. The summed E-state index contributed by atoms with van der Waals surface area (Å²) in [6.07, 6.45) is 28.4. The van der Waals surface area contributed by atoms with Gasteiger partial charge in [0, 0.05) is 0 Å². The molecule has 3 fully saturated rings. The van der Waals surface area contributed by atoms with Crippen molar-refractivity contribution in [3.8, 4) is 0 Å². The van der Waals surface area contributed by atoms with E-state index in [1.54, 1.807) is 0 Å². The van der Waals surface area contributed by atoms with Crippen LogP contribution in [0.15, 0.2) is 0 Å². The van der Waals surface area contributed by atoms with Crippen molar-refractivity contribution in [2.75, 3.05) is 0 Å². The van der Waals surface area contributed by atoms with E-state index in [-0.39, 0.29) is 0 Å². The third kappa shape index (κ3) is 6.14. The summed E-state index contributed by atoms with van der Waals surface area (Å²) in [5.74, 6) is 1.92. The van der Waals surface area contributed by atoms with E-state index in [2.05, 4.69) is 14.3 Å². The van der Waals surface area contributed by atoms with Crippen LogP contribution >= 0.6 is 0 Å². The van der Waals surface area contributed by atoms with Crippen molar-refractivity contribution in [2.45, 2.75) is 133 Å². The summed E-state index contributed by atoms with van der Waals surface area (Å²) < 4.78 is 0. The molecule has 3 saturated carbocycles. The molecular weight excluding hydrogens is 286 g/mol. The van der Waals surface area contributed by atoms with Crippen molar-refractivity contribution in [1.29, 1.82) is 0 Å². The molecule has 0 nitrogen and oxygen atoms in total. The number of rotatable bonds is 4. The van der Waals surface area contributed by atoms with Crippen molar-refractivity contribution in [1.82, 2.24) is 0 Å². The molecule has 134 valence electrons. The molecule has 0 atom stereocenters. The van der Waals surface area contributed by atoms with Crippen LogP contribution in [0.1, 0.15) is 122 Å². The summed E-state index contributed by atoms with van der Waals surface area (Å²) in [5, 5.41) is 0.652. The Morgan fingerprint density at radius 1 is 0.500 bits per heavy atom. The first kappa shape index (κ1) is 18.9. The van der Waals surface area contributed by atoms with Crippen molar-refractivity contribution in [2.24, 2.45) is 5.92 Å². The second-order valence-corrected chi connectivity index (χ2v) is 9.30. The van der Waals surface area contributed by atoms with Gasteiger partial charge in [0.2, 0.25) is 0 Å². The van der Waals surface area contributed by atoms with Crippen molar-refractivity contribution < 1.29 is 0 Å². The van der Waals surface area contributed by atoms with Gasteiger partial charge in [0.05, 0.1) is 14.3 Å². The maximum absolute atomic E-state index is 2.76. The Morgan fingerprint density at radius 2 is 0.917 bits per heavy atom. The fraction of sp³-hybridized carbons (Fsp3) is 1.00. The maximum atomic E-state index is 2.76. The molecule has 0 aromatic carbocycles. The first-order valence-corrected chi connectivity index (χ1v) is 11.6. The molecule has 0 saturated heterocycles. The lowest BCUT2D eigenvalue weighted by Gasteiger charge is -2.28. The fourth-order valence-corrected chi connectivity index (χ4v) is 5.42. The van der Waals surface area contributed by atoms with Crippen LogP contribution in [0.25, 0.3) is 0 Å². The Morgan fingerprint density at radius 3 is 1.38 bits per heavy atom. The van der Waals surface area contributed by atoms with Gasteiger partial charge in [-0.1, -0.05) is 133 Å². The van der Waals surface area contributed by atoms with Crippen molar-refractivity contribution in [3.63, 3.8) is 0 Å². The highest BCUT2D eigenvalue weighted by molar-refractivity contribution is 7.03. The smallest absolute Gasteiger partial charge is 0.0745 e. The van der Waals surface area contributed by atoms with Gasteiger partial charge >= 0.3 is 0 Å². The van der Waals surface area contributed by atoms with Crippen LogP contribution in [0.3, 0.4) is 0 Å². The second kappa shape index (κ2) is 10.3. The van der Waals surface area contributed by atoms with Crippen molar-refractivity contribution in [3.05, 3.63) is 0 Å². The fourth-order valence-electron chi connectivity index (χ4n) is 5.42. The van der Waals surface area contributed by atoms with Crippen LogP contribution in [0.4, 0.5) is 0 Å². The standard InChI is InChI=1S/C22H40B2/c1-2-8-12-16-21(17-13-9-3-1)23-24-22(18-19-22)20-14-10-6-4-5-7-11-15-20/h20-21H,1-19H2. The maximum Gasteiger partial charge on any atom is 0.0745 e. The highest BCUT2D eigenvalue weighted by Gasteiger charge is 2.47. The molecule has 3 aliphatic rings. The lowest BCUT2D eigenvalue weighted by Crippen LogP contribution is -2.24. The average Bonchev–Trinajstić information content (AvgIpc) is 3.37. The molecule has 3 aliphatic carbocycles. The van der Waals surface area contributed by atoms with Crippen molar-refractivity contribution >= 4 is 14.3 Å². The molecular formula is C22H40B2. The first-order chi connectivity index (χ1) is 11.9. The molecule has 0 heterocycles. The molecule has 0 aromatic heterocycles. The van der Waals surface area contributed by atoms with E-state index < -0.39 is 0 Å². The van der Waals surface area contributed by atoms with Gasteiger partial charge in [-0.05, 0) is 5.92 Å². The zero-order valence-corrected chi connectivity index (χ0v) is 16.2. The molecule has 3 rings (SSSR count). The zero-order chi connectivity index (χ0) is 16.5. The average molecular weight is 326 g/mol. The Labute approximate surface area is 153 Å². The summed E-state index contributed by atoms with van der Waals surface area (Å²) in [5.41, 5.74) is 0. The zero-order valence-electron chi connectivity index (χ0n) is 16.2. The topological polar surface area (TPSA) is 0 Å². The number of hydrogen-bond donors (Lipinski definition) is 0. The predicted molar refractivity (Wildman–Crippen MR) is 109 cm³/mol. The normalized spacial score (nSPS) is 28.2. The summed E-state index contributed by atoms with van der Waals surface area (Å²) in [6.45, 7) is 0. The first-order valence-electron chi connectivity index (χ1n) is 11.6. The van der Waals surface area contributed by atoms with Gasteiger partial charge in [0.25, 0.3) is 0 Å². The van der Waals surface area contributed by atoms with E-state index in [0.717, 1.165) is 11.7 Å². The largest absolute Gasteiger partial charge is 0.0774 e. The van der Waals surface area contributed by atoms with Crippen LogP contribution in [0.5, 0.6) is 0 Å². The quantitative estimate of drug-likeness (QED) is 0.475. The Kier molecular flexibility index (Phi) is 8.13. The van der Waals surface area contributed by atoms with Crippen LogP contribution in [0.2, 0.25) is 11.1 Å². The molecule has 0 bridgehead atoms. The second-order valence-electron chi connectivity index (χ2n) is 9.30. The minimum atomic E-state index is 0.652. The highest BCUT2D eigenvalue weighted by Crippen LogP contribution is 2.61.